The Morgan fingerprint density at radius 3 is 2.29 bits per heavy atom. The predicted octanol–water partition coefficient (Wildman–Crippen LogP) is -0.599. The van der Waals surface area contributed by atoms with E-state index in [-0.39, 0.29) is 49.5 Å². The topological polar surface area (TPSA) is 171 Å². The molecule has 1 unspecified atom stereocenters. The molecule has 0 aliphatic carbocycles. The lowest BCUT2D eigenvalue weighted by atomic mass is 10.0. The number of imide groups is 2. The van der Waals surface area contributed by atoms with Crippen LogP contribution in [0.5, 0.6) is 5.75 Å². The minimum absolute atomic E-state index is 0.0146. The van der Waals surface area contributed by atoms with Crippen LogP contribution in [0.2, 0.25) is 0 Å². The molecule has 4 rings (SSSR count). The highest BCUT2D eigenvalue weighted by atomic mass is 16.6. The largest absolute Gasteiger partial charge is 0.483 e. The average molecular weight is 591 g/mol. The Morgan fingerprint density at radius 1 is 0.881 bits per heavy atom. The molecule has 5 amide bonds. The van der Waals surface area contributed by atoms with Crippen molar-refractivity contribution in [3.05, 3.63) is 29.3 Å². The molecule has 1 aromatic carbocycles. The van der Waals surface area contributed by atoms with E-state index in [1.165, 1.54) is 18.2 Å². The molecule has 0 spiro atoms. The molecule has 14 heteroatoms. The average Bonchev–Trinajstić information content (AvgIpc) is 3.24. The van der Waals surface area contributed by atoms with Crippen LogP contribution in [0.15, 0.2) is 18.2 Å². The van der Waals surface area contributed by atoms with Crippen molar-refractivity contribution in [1.29, 1.82) is 0 Å². The number of benzene rings is 1. The van der Waals surface area contributed by atoms with Crippen molar-refractivity contribution in [2.45, 2.75) is 37.8 Å². The van der Waals surface area contributed by atoms with Gasteiger partial charge < -0.3 is 34.3 Å². The maximum atomic E-state index is 13.1. The Bertz CT molecular complexity index is 1120. The number of carbonyl (C=O) groups is 5. The molecule has 2 saturated heterocycles. The first-order valence-electron chi connectivity index (χ1n) is 14.3. The standard InChI is InChI=1S/C28H38N4O10/c33-23-5-4-21(26(35)31-23)32-27(36)20-2-1-3-22(25(20)28(32)37)42-18-24(34)30-10-11-38-12-13-39-14-15-40-16-17-41-19-6-8-29-9-7-19/h1-3,19,21,29H,4-18H2,(H,30,34)(H,31,33,35). The molecule has 0 aromatic heterocycles. The lowest BCUT2D eigenvalue weighted by Crippen LogP contribution is -2.54. The monoisotopic (exact) mass is 590 g/mol. The lowest BCUT2D eigenvalue weighted by molar-refractivity contribution is -0.136. The molecular weight excluding hydrogens is 552 g/mol. The van der Waals surface area contributed by atoms with Crippen LogP contribution in [-0.2, 0) is 33.3 Å². The Labute approximate surface area is 243 Å². The zero-order valence-corrected chi connectivity index (χ0v) is 23.5. The summed E-state index contributed by atoms with van der Waals surface area (Å²) in [5.41, 5.74) is 0.0608. The van der Waals surface area contributed by atoms with Crippen molar-refractivity contribution >= 4 is 29.5 Å². The normalized spacial score (nSPS) is 19.1. The van der Waals surface area contributed by atoms with Gasteiger partial charge in [-0.3, -0.25) is 34.2 Å². The van der Waals surface area contributed by atoms with Crippen molar-refractivity contribution in [2.75, 3.05) is 72.5 Å². The second-order valence-corrected chi connectivity index (χ2v) is 9.92. The molecule has 3 aliphatic heterocycles. The van der Waals surface area contributed by atoms with Gasteiger partial charge in [0.25, 0.3) is 17.7 Å². The van der Waals surface area contributed by atoms with Crippen LogP contribution < -0.4 is 20.7 Å². The number of ether oxygens (including phenoxy) is 5. The van der Waals surface area contributed by atoms with E-state index in [9.17, 15) is 24.0 Å². The van der Waals surface area contributed by atoms with Gasteiger partial charge in [-0.1, -0.05) is 6.07 Å². The first kappa shape index (κ1) is 31.5. The van der Waals surface area contributed by atoms with Gasteiger partial charge >= 0.3 is 0 Å². The third-order valence-electron chi connectivity index (χ3n) is 6.97. The Hall–Kier alpha value is -3.43. The summed E-state index contributed by atoms with van der Waals surface area (Å²) in [6.07, 6.45) is 2.47. The van der Waals surface area contributed by atoms with Gasteiger partial charge in [-0.2, -0.15) is 0 Å². The molecular formula is C28H38N4O10. The summed E-state index contributed by atoms with van der Waals surface area (Å²) in [4.78, 5) is 62.7. The zero-order valence-electron chi connectivity index (χ0n) is 23.5. The van der Waals surface area contributed by atoms with E-state index in [1.54, 1.807) is 0 Å². The van der Waals surface area contributed by atoms with Crippen LogP contribution in [0.4, 0.5) is 0 Å². The summed E-state index contributed by atoms with van der Waals surface area (Å²) in [6, 6.07) is 3.37. The van der Waals surface area contributed by atoms with Crippen LogP contribution in [0, 0.1) is 0 Å². The molecule has 0 saturated carbocycles. The van der Waals surface area contributed by atoms with E-state index in [0.717, 1.165) is 30.8 Å². The van der Waals surface area contributed by atoms with Gasteiger partial charge in [0, 0.05) is 13.0 Å². The van der Waals surface area contributed by atoms with Crippen molar-refractivity contribution in [3.8, 4) is 5.75 Å². The molecule has 3 N–H and O–H groups in total. The highest BCUT2D eigenvalue weighted by molar-refractivity contribution is 6.24. The van der Waals surface area contributed by atoms with Crippen molar-refractivity contribution in [3.63, 3.8) is 0 Å². The molecule has 0 bridgehead atoms. The van der Waals surface area contributed by atoms with E-state index in [0.29, 0.717) is 45.7 Å². The fourth-order valence-electron chi connectivity index (χ4n) is 4.84. The molecule has 14 nitrogen and oxygen atoms in total. The minimum Gasteiger partial charge on any atom is -0.483 e. The number of amides is 5. The van der Waals surface area contributed by atoms with Gasteiger partial charge in [0.15, 0.2) is 6.61 Å². The first-order valence-corrected chi connectivity index (χ1v) is 14.3. The summed E-state index contributed by atoms with van der Waals surface area (Å²) in [5.74, 6) is -2.88. The maximum absolute atomic E-state index is 13.1. The summed E-state index contributed by atoms with van der Waals surface area (Å²) >= 11 is 0. The van der Waals surface area contributed by atoms with Crippen LogP contribution >= 0.6 is 0 Å². The predicted molar refractivity (Wildman–Crippen MR) is 146 cm³/mol. The quantitative estimate of drug-likeness (QED) is 0.156. The third-order valence-corrected chi connectivity index (χ3v) is 6.97. The SMILES string of the molecule is O=C(COc1cccc2c1C(=O)N(C1CCC(=O)NC1=O)C2=O)NCCOCCOCCOCCOC1CCNCC1. The molecule has 2 fully saturated rings. The van der Waals surface area contributed by atoms with Gasteiger partial charge in [0.2, 0.25) is 11.8 Å². The second kappa shape index (κ2) is 16.3. The summed E-state index contributed by atoms with van der Waals surface area (Å²) in [5, 5.41) is 8.11. The number of rotatable bonds is 17. The molecule has 1 aromatic rings. The molecule has 230 valence electrons. The third kappa shape index (κ3) is 8.79. The van der Waals surface area contributed by atoms with Crippen LogP contribution in [0.1, 0.15) is 46.4 Å². The van der Waals surface area contributed by atoms with E-state index in [4.69, 9.17) is 23.7 Å². The number of nitrogens with one attached hydrogen (secondary N) is 3. The van der Waals surface area contributed by atoms with Gasteiger partial charge in [0.1, 0.15) is 11.8 Å². The highest BCUT2D eigenvalue weighted by Gasteiger charge is 2.46. The summed E-state index contributed by atoms with van der Waals surface area (Å²) in [7, 11) is 0. The molecule has 0 radical (unpaired) electrons. The number of hydrogen-bond donors (Lipinski definition) is 3. The van der Waals surface area contributed by atoms with Gasteiger partial charge in [-0.25, -0.2) is 0 Å². The second-order valence-electron chi connectivity index (χ2n) is 9.92. The fraction of sp³-hybridized carbons (Fsp3) is 0.607. The number of hydrogen-bond acceptors (Lipinski definition) is 11. The van der Waals surface area contributed by atoms with E-state index in [1.807, 2.05) is 0 Å². The molecule has 42 heavy (non-hydrogen) atoms. The maximum Gasteiger partial charge on any atom is 0.266 e. The van der Waals surface area contributed by atoms with E-state index in [2.05, 4.69) is 16.0 Å². The Morgan fingerprint density at radius 2 is 1.57 bits per heavy atom. The molecule has 3 aliphatic rings. The molecule has 3 heterocycles. The number of carbonyl (C=O) groups excluding carboxylic acids is 5. The Kier molecular flexibility index (Phi) is 12.2. The van der Waals surface area contributed by atoms with E-state index < -0.39 is 35.6 Å². The van der Waals surface area contributed by atoms with Crippen molar-refractivity contribution in [1.82, 2.24) is 20.9 Å². The molecule has 1 atom stereocenters. The van der Waals surface area contributed by atoms with Crippen LogP contribution in [0.25, 0.3) is 0 Å². The van der Waals surface area contributed by atoms with Crippen molar-refractivity contribution < 1.29 is 47.7 Å². The number of nitrogens with zero attached hydrogens (tertiary/aromatic N) is 1. The summed E-state index contributed by atoms with van der Waals surface area (Å²) in [6.45, 7) is 4.94. The Balaban J connectivity index is 1.05. The first-order chi connectivity index (χ1) is 20.5. The number of fused-ring (bicyclic) bond motifs is 1. The minimum atomic E-state index is -1.08. The van der Waals surface area contributed by atoms with Crippen molar-refractivity contribution in [2.24, 2.45) is 0 Å². The zero-order chi connectivity index (χ0) is 29.7. The lowest BCUT2D eigenvalue weighted by Gasteiger charge is -2.27. The summed E-state index contributed by atoms with van der Waals surface area (Å²) < 4.78 is 27.7. The number of piperidine rings is 2. The van der Waals surface area contributed by atoms with Crippen LogP contribution in [-0.4, -0.2) is 119 Å². The van der Waals surface area contributed by atoms with Crippen LogP contribution in [0.3, 0.4) is 0 Å². The smallest absolute Gasteiger partial charge is 0.266 e. The van der Waals surface area contributed by atoms with Gasteiger partial charge in [0.05, 0.1) is 63.5 Å². The van der Waals surface area contributed by atoms with E-state index >= 15 is 0 Å². The highest BCUT2D eigenvalue weighted by Crippen LogP contribution is 2.33. The van der Waals surface area contributed by atoms with Gasteiger partial charge in [-0.15, -0.1) is 0 Å². The fourth-order valence-corrected chi connectivity index (χ4v) is 4.84. The van der Waals surface area contributed by atoms with Gasteiger partial charge in [-0.05, 0) is 44.5 Å².